The fourth-order valence-corrected chi connectivity index (χ4v) is 2.89. The number of carbonyl (C=O) groups excluding carboxylic acids is 1. The molecule has 18 heavy (non-hydrogen) atoms. The summed E-state index contributed by atoms with van der Waals surface area (Å²) in [5, 5.41) is 6.59. The third-order valence-corrected chi connectivity index (χ3v) is 4.48. The lowest BCUT2D eigenvalue weighted by Gasteiger charge is -2.25. The predicted octanol–water partition coefficient (Wildman–Crippen LogP) is -0.201. The number of nitrogens with zero attached hydrogens (tertiary/aromatic N) is 3. The van der Waals surface area contributed by atoms with Crippen molar-refractivity contribution in [3.05, 3.63) is 11.6 Å². The Morgan fingerprint density at radius 1 is 1.33 bits per heavy atom. The van der Waals surface area contributed by atoms with Gasteiger partial charge >= 0.3 is 0 Å². The largest absolute Gasteiger partial charge is 0.334 e. The zero-order chi connectivity index (χ0) is 13.3. The van der Waals surface area contributed by atoms with Gasteiger partial charge in [0.05, 0.1) is 11.5 Å². The van der Waals surface area contributed by atoms with Crippen LogP contribution in [-0.2, 0) is 9.84 Å². The summed E-state index contributed by atoms with van der Waals surface area (Å²) in [6.45, 7) is 4.32. The predicted molar refractivity (Wildman–Crippen MR) is 65.0 cm³/mol. The molecule has 1 N–H and O–H groups in total. The van der Waals surface area contributed by atoms with Gasteiger partial charge in [0.2, 0.25) is 5.82 Å². The van der Waals surface area contributed by atoms with E-state index < -0.39 is 9.84 Å². The van der Waals surface area contributed by atoms with Gasteiger partial charge in [-0.15, -0.1) is 5.10 Å². The van der Waals surface area contributed by atoms with E-state index in [-0.39, 0.29) is 42.2 Å². The smallest absolute Gasteiger partial charge is 0.293 e. The molecule has 7 nitrogen and oxygen atoms in total. The molecule has 0 spiro atoms. The Balaban J connectivity index is 2.07. The molecule has 2 rings (SSSR count). The SMILES string of the molecule is CC(C)c1nc(C(=O)N2CCS(=O)(=O)CC2)n[nH]1. The van der Waals surface area contributed by atoms with E-state index >= 15 is 0 Å². The van der Waals surface area contributed by atoms with Crippen molar-refractivity contribution in [3.8, 4) is 0 Å². The highest BCUT2D eigenvalue weighted by atomic mass is 32.2. The molecule has 1 amide bonds. The molecule has 0 aromatic carbocycles. The van der Waals surface area contributed by atoms with Gasteiger partial charge in [-0.05, 0) is 0 Å². The van der Waals surface area contributed by atoms with E-state index in [4.69, 9.17) is 0 Å². The lowest BCUT2D eigenvalue weighted by Crippen LogP contribution is -2.44. The van der Waals surface area contributed by atoms with Crippen LogP contribution < -0.4 is 0 Å². The molecule has 1 fully saturated rings. The molecule has 0 bridgehead atoms. The zero-order valence-corrected chi connectivity index (χ0v) is 11.2. The van der Waals surface area contributed by atoms with Crippen LogP contribution in [-0.4, -0.2) is 59.0 Å². The molecule has 1 aliphatic heterocycles. The summed E-state index contributed by atoms with van der Waals surface area (Å²) >= 11 is 0. The molecule has 2 heterocycles. The van der Waals surface area contributed by atoms with Gasteiger partial charge in [-0.25, -0.2) is 13.4 Å². The summed E-state index contributed by atoms with van der Waals surface area (Å²) in [6.07, 6.45) is 0. The minimum atomic E-state index is -2.98. The molecule has 0 atom stereocenters. The van der Waals surface area contributed by atoms with Crippen molar-refractivity contribution in [1.82, 2.24) is 20.1 Å². The fraction of sp³-hybridized carbons (Fsp3) is 0.700. The van der Waals surface area contributed by atoms with Crippen molar-refractivity contribution >= 4 is 15.7 Å². The van der Waals surface area contributed by atoms with Crippen LogP contribution in [0.25, 0.3) is 0 Å². The maximum atomic E-state index is 12.0. The van der Waals surface area contributed by atoms with Gasteiger partial charge in [-0.2, -0.15) is 0 Å². The molecule has 0 unspecified atom stereocenters. The monoisotopic (exact) mass is 272 g/mol. The van der Waals surface area contributed by atoms with Crippen LogP contribution in [0, 0.1) is 0 Å². The standard InChI is InChI=1S/C10H16N4O3S/c1-7(2)8-11-9(13-12-8)10(15)14-3-5-18(16,17)6-4-14/h7H,3-6H2,1-2H3,(H,11,12,13). The van der Waals surface area contributed by atoms with E-state index in [1.54, 1.807) is 0 Å². The normalized spacial score (nSPS) is 19.2. The van der Waals surface area contributed by atoms with E-state index in [0.717, 1.165) is 0 Å². The van der Waals surface area contributed by atoms with Crippen LogP contribution in [0.2, 0.25) is 0 Å². The van der Waals surface area contributed by atoms with Crippen LogP contribution in [0.1, 0.15) is 36.2 Å². The molecule has 1 aromatic rings. The second-order valence-corrected chi connectivity index (χ2v) is 6.95. The quantitative estimate of drug-likeness (QED) is 0.804. The van der Waals surface area contributed by atoms with Crippen LogP contribution >= 0.6 is 0 Å². The minimum Gasteiger partial charge on any atom is -0.334 e. The van der Waals surface area contributed by atoms with E-state index in [9.17, 15) is 13.2 Å². The number of H-pyrrole nitrogens is 1. The Morgan fingerprint density at radius 3 is 2.44 bits per heavy atom. The number of aromatic amines is 1. The van der Waals surface area contributed by atoms with Crippen LogP contribution in [0.5, 0.6) is 0 Å². The van der Waals surface area contributed by atoms with Crippen molar-refractivity contribution < 1.29 is 13.2 Å². The van der Waals surface area contributed by atoms with Gasteiger partial charge < -0.3 is 4.90 Å². The summed E-state index contributed by atoms with van der Waals surface area (Å²) in [4.78, 5) is 17.6. The van der Waals surface area contributed by atoms with E-state index in [1.807, 2.05) is 13.8 Å². The first kappa shape index (κ1) is 13.0. The lowest BCUT2D eigenvalue weighted by molar-refractivity contribution is 0.0758. The van der Waals surface area contributed by atoms with Gasteiger partial charge in [-0.1, -0.05) is 13.8 Å². The Bertz CT molecular complexity index is 535. The number of aromatic nitrogens is 3. The summed E-state index contributed by atoms with van der Waals surface area (Å²) in [7, 11) is -2.98. The minimum absolute atomic E-state index is 0.0141. The molecular formula is C10H16N4O3S. The maximum absolute atomic E-state index is 12.0. The molecule has 100 valence electrons. The summed E-state index contributed by atoms with van der Waals surface area (Å²) in [5.41, 5.74) is 0. The van der Waals surface area contributed by atoms with Crippen molar-refractivity contribution in [3.63, 3.8) is 0 Å². The summed E-state index contributed by atoms with van der Waals surface area (Å²) in [6, 6.07) is 0. The number of amides is 1. The molecule has 0 aliphatic carbocycles. The molecule has 1 aromatic heterocycles. The van der Waals surface area contributed by atoms with E-state index in [2.05, 4.69) is 15.2 Å². The number of carbonyl (C=O) groups is 1. The van der Waals surface area contributed by atoms with Crippen molar-refractivity contribution in [2.24, 2.45) is 0 Å². The topological polar surface area (TPSA) is 96.0 Å². The zero-order valence-electron chi connectivity index (χ0n) is 10.4. The van der Waals surface area contributed by atoms with Gasteiger partial charge in [0.15, 0.2) is 9.84 Å². The third kappa shape index (κ3) is 2.69. The van der Waals surface area contributed by atoms with Gasteiger partial charge in [0, 0.05) is 19.0 Å². The molecule has 8 heteroatoms. The van der Waals surface area contributed by atoms with E-state index in [1.165, 1.54) is 4.90 Å². The van der Waals surface area contributed by atoms with E-state index in [0.29, 0.717) is 5.82 Å². The second kappa shape index (κ2) is 4.68. The highest BCUT2D eigenvalue weighted by Crippen LogP contribution is 2.11. The van der Waals surface area contributed by atoms with Crippen molar-refractivity contribution in [2.45, 2.75) is 19.8 Å². The molecule has 1 aliphatic rings. The second-order valence-electron chi connectivity index (χ2n) is 4.64. The Hall–Kier alpha value is -1.44. The number of rotatable bonds is 2. The molecular weight excluding hydrogens is 256 g/mol. The summed E-state index contributed by atoms with van der Waals surface area (Å²) in [5.74, 6) is 0.648. The number of sulfone groups is 1. The number of nitrogens with one attached hydrogen (secondary N) is 1. The fourth-order valence-electron chi connectivity index (χ4n) is 1.69. The Morgan fingerprint density at radius 2 is 1.94 bits per heavy atom. The van der Waals surface area contributed by atoms with Crippen molar-refractivity contribution in [1.29, 1.82) is 0 Å². The lowest BCUT2D eigenvalue weighted by atomic mass is 10.2. The average Bonchev–Trinajstić information content (AvgIpc) is 2.77. The van der Waals surface area contributed by atoms with Gasteiger partial charge in [0.1, 0.15) is 5.82 Å². The highest BCUT2D eigenvalue weighted by molar-refractivity contribution is 7.91. The number of hydrogen-bond acceptors (Lipinski definition) is 5. The third-order valence-electron chi connectivity index (χ3n) is 2.87. The van der Waals surface area contributed by atoms with Gasteiger partial charge in [0.25, 0.3) is 5.91 Å². The first-order chi connectivity index (χ1) is 8.39. The maximum Gasteiger partial charge on any atom is 0.293 e. The van der Waals surface area contributed by atoms with Crippen LogP contribution in [0.3, 0.4) is 0 Å². The Kier molecular flexibility index (Phi) is 3.38. The summed E-state index contributed by atoms with van der Waals surface area (Å²) < 4.78 is 22.5. The number of hydrogen-bond donors (Lipinski definition) is 1. The molecule has 0 saturated carbocycles. The van der Waals surface area contributed by atoms with Crippen LogP contribution in [0.4, 0.5) is 0 Å². The first-order valence-electron chi connectivity index (χ1n) is 5.81. The molecule has 0 radical (unpaired) electrons. The molecule has 1 saturated heterocycles. The van der Waals surface area contributed by atoms with Crippen molar-refractivity contribution in [2.75, 3.05) is 24.6 Å². The highest BCUT2D eigenvalue weighted by Gasteiger charge is 2.27. The Labute approximate surface area is 106 Å². The first-order valence-corrected chi connectivity index (χ1v) is 7.63. The van der Waals surface area contributed by atoms with Crippen LogP contribution in [0.15, 0.2) is 0 Å². The average molecular weight is 272 g/mol. The van der Waals surface area contributed by atoms with Gasteiger partial charge in [-0.3, -0.25) is 9.89 Å².